The fourth-order valence-corrected chi connectivity index (χ4v) is 2.63. The molecule has 5 nitrogen and oxygen atoms in total. The van der Waals surface area contributed by atoms with Crippen LogP contribution in [0.25, 0.3) is 5.57 Å². The van der Waals surface area contributed by atoms with E-state index in [0.29, 0.717) is 10.7 Å². The van der Waals surface area contributed by atoms with Crippen molar-refractivity contribution in [3.8, 4) is 0 Å². The summed E-state index contributed by atoms with van der Waals surface area (Å²) in [5.74, 6) is -0.743. The van der Waals surface area contributed by atoms with Gasteiger partial charge < -0.3 is 15.0 Å². The number of aromatic amines is 1. The number of aromatic carboxylic acids is 1. The normalized spacial score (nSPS) is 13.9. The van der Waals surface area contributed by atoms with Crippen molar-refractivity contribution >= 4 is 23.3 Å². The van der Waals surface area contributed by atoms with Crippen LogP contribution in [0.4, 0.5) is 4.39 Å². The van der Waals surface area contributed by atoms with Gasteiger partial charge in [-0.05, 0) is 14.1 Å². The maximum atomic E-state index is 12.9. The lowest BCUT2D eigenvalue weighted by atomic mass is 10.1. The topological polar surface area (TPSA) is 69.2 Å². The molecule has 1 aliphatic carbocycles. The van der Waals surface area contributed by atoms with Crippen LogP contribution in [0.3, 0.4) is 0 Å². The van der Waals surface area contributed by atoms with E-state index >= 15 is 0 Å². The highest BCUT2D eigenvalue weighted by molar-refractivity contribution is 7.99. The Balaban J connectivity index is 2.22. The summed E-state index contributed by atoms with van der Waals surface area (Å²) in [5.41, 5.74) is 0.713. The number of hydrogen-bond donors (Lipinski definition) is 2. The molecule has 1 heterocycles. The summed E-state index contributed by atoms with van der Waals surface area (Å²) in [7, 11) is 3.93. The van der Waals surface area contributed by atoms with Crippen molar-refractivity contribution in [3.63, 3.8) is 0 Å². The smallest absolute Gasteiger partial charge is 0.365 e. The van der Waals surface area contributed by atoms with E-state index in [0.717, 1.165) is 18.4 Å². The van der Waals surface area contributed by atoms with E-state index in [1.165, 1.54) is 23.9 Å². The average molecular weight is 308 g/mol. The number of nitrogens with one attached hydrogen (secondary N) is 1. The Kier molecular flexibility index (Phi) is 4.90. The number of H-pyrrole nitrogens is 1. The second kappa shape index (κ2) is 6.67. The Morgan fingerprint density at radius 3 is 2.86 bits per heavy atom. The van der Waals surface area contributed by atoms with Crippen LogP contribution in [0.2, 0.25) is 0 Å². The first-order valence-corrected chi connectivity index (χ1v) is 7.24. The number of hydrogen-bond acceptors (Lipinski definition) is 4. The Morgan fingerprint density at radius 2 is 2.29 bits per heavy atom. The van der Waals surface area contributed by atoms with E-state index in [-0.39, 0.29) is 11.4 Å². The molecule has 1 aromatic rings. The molecular formula is C14H15FN3O2S+. The minimum atomic E-state index is -1.10. The molecule has 0 saturated carbocycles. The second-order valence-electron chi connectivity index (χ2n) is 4.64. The fraction of sp³-hybridized carbons (Fsp3) is 0.286. The molecule has 0 saturated heterocycles. The fourth-order valence-electron chi connectivity index (χ4n) is 1.65. The lowest BCUT2D eigenvalue weighted by Crippen LogP contribution is -2.14. The monoisotopic (exact) mass is 308 g/mol. The van der Waals surface area contributed by atoms with Crippen LogP contribution in [0, 0.1) is 6.08 Å². The summed E-state index contributed by atoms with van der Waals surface area (Å²) in [5, 5.41) is 9.76. The Hall–Kier alpha value is -1.95. The zero-order valence-corrected chi connectivity index (χ0v) is 12.5. The number of thioether (sulfide) groups is 1. The van der Waals surface area contributed by atoms with Gasteiger partial charge in [0.05, 0.1) is 6.08 Å². The number of carboxylic acids is 1. The van der Waals surface area contributed by atoms with Gasteiger partial charge in [-0.15, -0.1) is 4.39 Å². The molecule has 0 aliphatic heterocycles. The summed E-state index contributed by atoms with van der Waals surface area (Å²) in [6, 6.07) is 0. The van der Waals surface area contributed by atoms with Gasteiger partial charge in [-0.25, -0.2) is 4.79 Å². The number of carboxylic acid groups (broad SMARTS) is 1. The predicted molar refractivity (Wildman–Crippen MR) is 79.8 cm³/mol. The molecule has 110 valence electrons. The third-order valence-corrected chi connectivity index (χ3v) is 3.56. The maximum absolute atomic E-state index is 12.9. The average Bonchev–Trinajstić information content (AvgIpc) is 2.83. The van der Waals surface area contributed by atoms with Crippen molar-refractivity contribution in [2.75, 3.05) is 26.4 Å². The third-order valence-electron chi connectivity index (χ3n) is 2.70. The van der Waals surface area contributed by atoms with Crippen LogP contribution in [0.15, 0.2) is 29.2 Å². The van der Waals surface area contributed by atoms with Crippen LogP contribution in [0.5, 0.6) is 0 Å². The number of rotatable bonds is 6. The first-order valence-electron chi connectivity index (χ1n) is 6.26. The van der Waals surface area contributed by atoms with Crippen molar-refractivity contribution in [1.29, 1.82) is 0 Å². The van der Waals surface area contributed by atoms with Crippen LogP contribution in [0.1, 0.15) is 16.2 Å². The zero-order valence-electron chi connectivity index (χ0n) is 11.7. The number of nitrogens with zero attached hydrogens (tertiary/aromatic N) is 2. The predicted octanol–water partition coefficient (Wildman–Crippen LogP) is 2.37. The van der Waals surface area contributed by atoms with Crippen LogP contribution >= 0.6 is 11.8 Å². The molecule has 2 rings (SSSR count). The van der Waals surface area contributed by atoms with Gasteiger partial charge in [-0.3, -0.25) is 0 Å². The van der Waals surface area contributed by atoms with Crippen molar-refractivity contribution in [3.05, 3.63) is 41.5 Å². The maximum Gasteiger partial charge on any atom is 0.365 e. The minimum Gasteiger partial charge on any atom is -0.476 e. The molecule has 1 aromatic heterocycles. The number of allylic oxidation sites excluding steroid dienone is 6. The molecule has 0 fully saturated rings. The highest BCUT2D eigenvalue weighted by Gasteiger charge is 2.25. The van der Waals surface area contributed by atoms with Gasteiger partial charge in [0, 0.05) is 24.4 Å². The second-order valence-corrected chi connectivity index (χ2v) is 5.73. The largest absolute Gasteiger partial charge is 0.476 e. The summed E-state index contributed by atoms with van der Waals surface area (Å²) in [4.78, 5) is 20.4. The van der Waals surface area contributed by atoms with E-state index in [2.05, 4.69) is 16.0 Å². The SMILES string of the molecule is CN(C)CCSc1nc(C2=[C+]C=C(F)C=C2)c(C(=O)O)[nH]1. The summed E-state index contributed by atoms with van der Waals surface area (Å²) in [6.45, 7) is 0.853. The molecule has 0 atom stereocenters. The molecule has 1 aliphatic rings. The first kappa shape index (κ1) is 15.4. The van der Waals surface area contributed by atoms with E-state index < -0.39 is 11.8 Å². The van der Waals surface area contributed by atoms with E-state index in [1.807, 2.05) is 19.0 Å². The van der Waals surface area contributed by atoms with E-state index in [9.17, 15) is 14.3 Å². The quantitative estimate of drug-likeness (QED) is 0.624. The summed E-state index contributed by atoms with van der Waals surface area (Å²) < 4.78 is 12.9. The number of halogens is 1. The van der Waals surface area contributed by atoms with Gasteiger partial charge in [-0.2, -0.15) is 4.98 Å². The van der Waals surface area contributed by atoms with E-state index in [4.69, 9.17) is 0 Å². The molecule has 21 heavy (non-hydrogen) atoms. The third kappa shape index (κ3) is 4.01. The van der Waals surface area contributed by atoms with Gasteiger partial charge in [0.2, 0.25) is 5.83 Å². The van der Waals surface area contributed by atoms with Gasteiger partial charge >= 0.3 is 5.97 Å². The van der Waals surface area contributed by atoms with Crippen molar-refractivity contribution in [2.24, 2.45) is 0 Å². The van der Waals surface area contributed by atoms with Gasteiger partial charge in [0.25, 0.3) is 0 Å². The molecule has 7 heteroatoms. The van der Waals surface area contributed by atoms with Gasteiger partial charge in [-0.1, -0.05) is 11.8 Å². The molecular weight excluding hydrogens is 293 g/mol. The highest BCUT2D eigenvalue weighted by Crippen LogP contribution is 2.25. The Bertz CT molecular complexity index is 632. The number of carbonyl (C=O) groups is 1. The Labute approximate surface area is 126 Å². The number of imidazole rings is 1. The van der Waals surface area contributed by atoms with Crippen LogP contribution in [-0.2, 0) is 0 Å². The zero-order chi connectivity index (χ0) is 15.4. The van der Waals surface area contributed by atoms with Crippen molar-refractivity contribution in [2.45, 2.75) is 5.16 Å². The van der Waals surface area contributed by atoms with Gasteiger partial charge in [0.1, 0.15) is 6.08 Å². The lowest BCUT2D eigenvalue weighted by Gasteiger charge is -2.06. The summed E-state index contributed by atoms with van der Waals surface area (Å²) in [6.07, 6.45) is 6.58. The Morgan fingerprint density at radius 1 is 1.52 bits per heavy atom. The molecule has 0 radical (unpaired) electrons. The van der Waals surface area contributed by atoms with E-state index in [1.54, 1.807) is 0 Å². The molecule has 0 bridgehead atoms. The van der Waals surface area contributed by atoms with Gasteiger partial charge in [0.15, 0.2) is 22.1 Å². The standard InChI is InChI=1S/C14H14FN3O2S/c1-18(2)7-8-21-14-16-11(12(17-14)13(19)20)9-3-5-10(15)6-4-9/h3,5-6H,7-8H2,1-2H3,(H-,16,17,19,20)/p+1. The van der Waals surface area contributed by atoms with Crippen molar-refractivity contribution in [1.82, 2.24) is 14.9 Å². The molecule has 0 unspecified atom stereocenters. The molecule has 0 aromatic carbocycles. The molecule has 0 amide bonds. The first-order chi connectivity index (χ1) is 9.97. The molecule has 0 spiro atoms. The summed E-state index contributed by atoms with van der Waals surface area (Å²) >= 11 is 1.44. The van der Waals surface area contributed by atoms with Crippen LogP contribution < -0.4 is 0 Å². The van der Waals surface area contributed by atoms with Crippen LogP contribution in [-0.4, -0.2) is 52.3 Å². The lowest BCUT2D eigenvalue weighted by molar-refractivity contribution is 0.0690. The van der Waals surface area contributed by atoms with Crippen molar-refractivity contribution < 1.29 is 14.3 Å². The molecule has 2 N–H and O–H groups in total. The number of aromatic nitrogens is 2. The highest BCUT2D eigenvalue weighted by atomic mass is 32.2. The minimum absolute atomic E-state index is 0.00906.